The summed E-state index contributed by atoms with van der Waals surface area (Å²) in [6.07, 6.45) is 1.93. The lowest BCUT2D eigenvalue weighted by molar-refractivity contribution is 0.566. The molecule has 4 aromatic rings. The Morgan fingerprint density at radius 3 is 1.50 bits per heavy atom. The molecule has 22 heavy (non-hydrogen) atoms. The van der Waals surface area contributed by atoms with Crippen molar-refractivity contribution in [2.24, 2.45) is 0 Å². The van der Waals surface area contributed by atoms with E-state index in [2.05, 4.69) is 38.1 Å². The molecule has 0 atom stereocenters. The third kappa shape index (κ3) is 2.03. The minimum Gasteiger partial charge on any atom is -0.461 e. The number of aryl methyl sites for hydroxylation is 4. The Balaban J connectivity index is 1.72. The fourth-order valence-electron chi connectivity index (χ4n) is 3.31. The minimum atomic E-state index is 0.965. The fraction of sp³-hybridized carbons (Fsp3) is 0.200. The van der Waals surface area contributed by atoms with Crippen LogP contribution < -0.4 is 0 Å². The molecule has 0 amide bonds. The van der Waals surface area contributed by atoms with Gasteiger partial charge in [-0.25, -0.2) is 0 Å². The molecular formula is C20H18O2. The molecule has 0 fully saturated rings. The van der Waals surface area contributed by atoms with Gasteiger partial charge in [-0.15, -0.1) is 0 Å². The van der Waals surface area contributed by atoms with Crippen molar-refractivity contribution in [2.75, 3.05) is 0 Å². The second-order valence-corrected chi connectivity index (χ2v) is 5.77. The summed E-state index contributed by atoms with van der Waals surface area (Å²) in [4.78, 5) is 0. The molecule has 2 heteroatoms. The van der Waals surface area contributed by atoms with E-state index in [0.717, 1.165) is 35.5 Å². The van der Waals surface area contributed by atoms with Crippen LogP contribution in [0.15, 0.2) is 57.4 Å². The van der Waals surface area contributed by atoms with Gasteiger partial charge in [0.15, 0.2) is 0 Å². The van der Waals surface area contributed by atoms with Gasteiger partial charge >= 0.3 is 0 Å². The van der Waals surface area contributed by atoms with Crippen LogP contribution in [0, 0.1) is 13.8 Å². The van der Waals surface area contributed by atoms with Crippen molar-refractivity contribution in [1.29, 1.82) is 0 Å². The van der Waals surface area contributed by atoms with Crippen molar-refractivity contribution < 1.29 is 8.83 Å². The molecule has 0 aliphatic carbocycles. The van der Waals surface area contributed by atoms with E-state index in [-0.39, 0.29) is 0 Å². The van der Waals surface area contributed by atoms with E-state index < -0.39 is 0 Å². The maximum atomic E-state index is 5.86. The molecule has 0 saturated carbocycles. The number of rotatable bonds is 3. The summed E-state index contributed by atoms with van der Waals surface area (Å²) in [6.45, 7) is 4.10. The molecular weight excluding hydrogens is 272 g/mol. The molecule has 0 N–H and O–H groups in total. The van der Waals surface area contributed by atoms with Gasteiger partial charge in [0.05, 0.1) is 0 Å². The van der Waals surface area contributed by atoms with Crippen molar-refractivity contribution in [3.8, 4) is 0 Å². The van der Waals surface area contributed by atoms with Gasteiger partial charge in [-0.1, -0.05) is 36.4 Å². The summed E-state index contributed by atoms with van der Waals surface area (Å²) in [5.74, 6) is 2.04. The van der Waals surface area contributed by atoms with Crippen molar-refractivity contribution in [3.63, 3.8) is 0 Å². The molecule has 0 bridgehead atoms. The highest BCUT2D eigenvalue weighted by Gasteiger charge is 2.14. The van der Waals surface area contributed by atoms with Gasteiger partial charge in [0.2, 0.25) is 0 Å². The topological polar surface area (TPSA) is 26.3 Å². The summed E-state index contributed by atoms with van der Waals surface area (Å²) < 4.78 is 11.7. The summed E-state index contributed by atoms with van der Waals surface area (Å²) >= 11 is 0. The Kier molecular flexibility index (Phi) is 3.04. The highest BCUT2D eigenvalue weighted by atomic mass is 16.3. The Bertz CT molecular complexity index is 876. The van der Waals surface area contributed by atoms with Crippen molar-refractivity contribution in [2.45, 2.75) is 26.7 Å². The molecule has 2 nitrogen and oxygen atoms in total. The first-order valence-electron chi connectivity index (χ1n) is 7.68. The molecule has 0 unspecified atom stereocenters. The Hall–Kier alpha value is -2.48. The average molecular weight is 290 g/mol. The SMILES string of the molecule is Cc1oc2ccccc2c1CCc1c(C)oc2ccccc12. The quantitative estimate of drug-likeness (QED) is 0.492. The predicted molar refractivity (Wildman–Crippen MR) is 89.3 cm³/mol. The summed E-state index contributed by atoms with van der Waals surface area (Å²) in [7, 11) is 0. The number of fused-ring (bicyclic) bond motifs is 2. The van der Waals surface area contributed by atoms with E-state index in [1.807, 2.05) is 24.3 Å². The summed E-state index contributed by atoms with van der Waals surface area (Å²) in [5, 5.41) is 2.45. The smallest absolute Gasteiger partial charge is 0.134 e. The molecule has 110 valence electrons. The Morgan fingerprint density at radius 1 is 0.636 bits per heavy atom. The zero-order valence-corrected chi connectivity index (χ0v) is 12.8. The zero-order valence-electron chi connectivity index (χ0n) is 12.8. The first-order chi connectivity index (χ1) is 10.7. The molecule has 2 aromatic heterocycles. The maximum Gasteiger partial charge on any atom is 0.134 e. The number of hydrogen-bond acceptors (Lipinski definition) is 2. The number of benzene rings is 2. The monoisotopic (exact) mass is 290 g/mol. The van der Waals surface area contributed by atoms with Crippen LogP contribution in [0.2, 0.25) is 0 Å². The molecule has 2 aromatic carbocycles. The van der Waals surface area contributed by atoms with Gasteiger partial charge in [-0.2, -0.15) is 0 Å². The third-order valence-corrected chi connectivity index (χ3v) is 4.43. The Morgan fingerprint density at radius 2 is 1.05 bits per heavy atom. The lowest BCUT2D eigenvalue weighted by Crippen LogP contribution is -1.93. The van der Waals surface area contributed by atoms with Crippen LogP contribution in [0.5, 0.6) is 0 Å². The van der Waals surface area contributed by atoms with E-state index in [0.29, 0.717) is 0 Å². The fourth-order valence-corrected chi connectivity index (χ4v) is 3.31. The average Bonchev–Trinajstić information content (AvgIpc) is 3.01. The van der Waals surface area contributed by atoms with Gasteiger partial charge in [0.1, 0.15) is 22.7 Å². The van der Waals surface area contributed by atoms with E-state index in [1.165, 1.54) is 21.9 Å². The lowest BCUT2D eigenvalue weighted by Gasteiger charge is -2.01. The van der Waals surface area contributed by atoms with E-state index in [1.54, 1.807) is 0 Å². The van der Waals surface area contributed by atoms with Gasteiger partial charge < -0.3 is 8.83 Å². The number of hydrogen-bond donors (Lipinski definition) is 0. The molecule has 0 aliphatic rings. The first kappa shape index (κ1) is 13.2. The van der Waals surface area contributed by atoms with Crippen molar-refractivity contribution in [1.82, 2.24) is 0 Å². The predicted octanol–water partition coefficient (Wildman–Crippen LogP) is 5.58. The third-order valence-electron chi connectivity index (χ3n) is 4.43. The van der Waals surface area contributed by atoms with Crippen molar-refractivity contribution >= 4 is 21.9 Å². The standard InChI is InChI=1S/C20H18O2/c1-13-15(17-7-3-5-9-19(17)21-13)11-12-16-14(2)22-20-10-6-4-8-18(16)20/h3-10H,11-12H2,1-2H3. The van der Waals surface area contributed by atoms with Crippen LogP contribution in [0.1, 0.15) is 22.6 Å². The summed E-state index contributed by atoms with van der Waals surface area (Å²) in [5.41, 5.74) is 4.56. The number of para-hydroxylation sites is 2. The van der Waals surface area contributed by atoms with Gasteiger partial charge in [0, 0.05) is 21.9 Å². The van der Waals surface area contributed by atoms with Crippen LogP contribution in [-0.2, 0) is 12.8 Å². The normalized spacial score (nSPS) is 11.5. The van der Waals surface area contributed by atoms with Gasteiger partial charge in [0.25, 0.3) is 0 Å². The number of furan rings is 2. The van der Waals surface area contributed by atoms with Crippen LogP contribution in [0.25, 0.3) is 21.9 Å². The summed E-state index contributed by atoms with van der Waals surface area (Å²) in [6, 6.07) is 16.5. The van der Waals surface area contributed by atoms with Crippen LogP contribution in [0.3, 0.4) is 0 Å². The van der Waals surface area contributed by atoms with E-state index in [4.69, 9.17) is 8.83 Å². The molecule has 0 saturated heterocycles. The first-order valence-corrected chi connectivity index (χ1v) is 7.68. The van der Waals surface area contributed by atoms with Crippen LogP contribution in [0.4, 0.5) is 0 Å². The maximum absolute atomic E-state index is 5.86. The van der Waals surface area contributed by atoms with E-state index >= 15 is 0 Å². The van der Waals surface area contributed by atoms with Crippen LogP contribution >= 0.6 is 0 Å². The van der Waals surface area contributed by atoms with Gasteiger partial charge in [-0.3, -0.25) is 0 Å². The second-order valence-electron chi connectivity index (χ2n) is 5.77. The Labute approximate surface area is 129 Å². The molecule has 2 heterocycles. The lowest BCUT2D eigenvalue weighted by atomic mass is 10.00. The van der Waals surface area contributed by atoms with Gasteiger partial charge in [-0.05, 0) is 38.8 Å². The highest BCUT2D eigenvalue weighted by Crippen LogP contribution is 2.30. The highest BCUT2D eigenvalue weighted by molar-refractivity contribution is 5.83. The van der Waals surface area contributed by atoms with E-state index in [9.17, 15) is 0 Å². The van der Waals surface area contributed by atoms with Crippen LogP contribution in [-0.4, -0.2) is 0 Å². The molecule has 0 aliphatic heterocycles. The minimum absolute atomic E-state index is 0.965. The van der Waals surface area contributed by atoms with Crippen molar-refractivity contribution in [3.05, 3.63) is 71.2 Å². The zero-order chi connectivity index (χ0) is 15.1. The largest absolute Gasteiger partial charge is 0.461 e. The second kappa shape index (κ2) is 5.06. The molecule has 0 radical (unpaired) electrons. The molecule has 4 rings (SSSR count). The molecule has 0 spiro atoms.